The van der Waals surface area contributed by atoms with E-state index in [4.69, 9.17) is 4.74 Å². The van der Waals surface area contributed by atoms with Crippen molar-refractivity contribution in [1.29, 1.82) is 0 Å². The van der Waals surface area contributed by atoms with Crippen LogP contribution in [-0.4, -0.2) is 33.3 Å². The van der Waals surface area contributed by atoms with Gasteiger partial charge in [-0.1, -0.05) is 12.1 Å². The largest absolute Gasteiger partial charge is 0.491 e. The number of aromatic nitrogens is 2. The number of nitrogens with one attached hydrogen (secondary N) is 2. The number of non-ortho nitro benzene ring substituents is 1. The highest BCUT2D eigenvalue weighted by molar-refractivity contribution is 5.94. The Kier molecular flexibility index (Phi) is 5.98. The molecule has 3 rings (SSSR count). The van der Waals surface area contributed by atoms with E-state index >= 15 is 0 Å². The fraction of sp³-hybridized carbons (Fsp3) is 0.150. The monoisotopic (exact) mass is 393 g/mol. The maximum Gasteiger partial charge on any atom is 0.289 e. The lowest BCUT2D eigenvalue weighted by Crippen LogP contribution is -2.18. The molecule has 0 saturated heterocycles. The van der Waals surface area contributed by atoms with Gasteiger partial charge in [0, 0.05) is 23.3 Å². The fourth-order valence-corrected chi connectivity index (χ4v) is 2.51. The summed E-state index contributed by atoms with van der Waals surface area (Å²) in [6.45, 7) is 3.90. The molecule has 1 amide bonds. The first-order valence-electron chi connectivity index (χ1n) is 8.83. The van der Waals surface area contributed by atoms with Crippen molar-refractivity contribution >= 4 is 17.8 Å². The van der Waals surface area contributed by atoms with Gasteiger partial charge < -0.3 is 4.74 Å². The lowest BCUT2D eigenvalue weighted by Gasteiger charge is -2.09. The Balaban J connectivity index is 1.63. The van der Waals surface area contributed by atoms with Crippen molar-refractivity contribution in [2.24, 2.45) is 5.10 Å². The van der Waals surface area contributed by atoms with Crippen LogP contribution in [0.3, 0.4) is 0 Å². The Hall–Kier alpha value is -4.01. The number of carbonyl (C=O) groups is 1. The maximum atomic E-state index is 12.2. The second-order valence-corrected chi connectivity index (χ2v) is 6.41. The van der Waals surface area contributed by atoms with Gasteiger partial charge in [0.1, 0.15) is 11.4 Å². The van der Waals surface area contributed by atoms with Gasteiger partial charge in [-0.15, -0.1) is 0 Å². The van der Waals surface area contributed by atoms with Gasteiger partial charge in [-0.2, -0.15) is 10.2 Å². The standard InChI is InChI=1S/C20H19N5O4/c1-13(2)29-17-8-6-15(7-9-17)18-11-19(23-22-18)20(26)24-21-12-14-4-3-5-16(10-14)25(27)28/h3-13H,1-2H3,(H,22,23)(H,24,26)/b21-12+. The summed E-state index contributed by atoms with van der Waals surface area (Å²) in [7, 11) is 0. The summed E-state index contributed by atoms with van der Waals surface area (Å²) in [6, 6.07) is 14.9. The van der Waals surface area contributed by atoms with E-state index in [1.54, 1.807) is 18.2 Å². The summed E-state index contributed by atoms with van der Waals surface area (Å²) in [5, 5.41) is 21.4. The molecule has 0 spiro atoms. The van der Waals surface area contributed by atoms with Gasteiger partial charge in [0.15, 0.2) is 0 Å². The molecule has 29 heavy (non-hydrogen) atoms. The van der Waals surface area contributed by atoms with Crippen LogP contribution in [0.1, 0.15) is 29.9 Å². The number of nitrogens with zero attached hydrogens (tertiary/aromatic N) is 3. The van der Waals surface area contributed by atoms with Crippen molar-refractivity contribution in [3.63, 3.8) is 0 Å². The molecular weight excluding hydrogens is 374 g/mol. The van der Waals surface area contributed by atoms with E-state index in [0.717, 1.165) is 11.3 Å². The lowest BCUT2D eigenvalue weighted by molar-refractivity contribution is -0.384. The summed E-state index contributed by atoms with van der Waals surface area (Å²) >= 11 is 0. The van der Waals surface area contributed by atoms with E-state index in [1.807, 2.05) is 38.1 Å². The summed E-state index contributed by atoms with van der Waals surface area (Å²) in [5.41, 5.74) is 4.47. The number of amides is 1. The molecule has 0 unspecified atom stereocenters. The zero-order valence-electron chi connectivity index (χ0n) is 15.8. The van der Waals surface area contributed by atoms with Crippen molar-refractivity contribution in [2.75, 3.05) is 0 Å². The smallest absolute Gasteiger partial charge is 0.289 e. The van der Waals surface area contributed by atoms with Crippen LogP contribution in [0.5, 0.6) is 5.75 Å². The van der Waals surface area contributed by atoms with Crippen LogP contribution >= 0.6 is 0 Å². The molecule has 0 aliphatic rings. The van der Waals surface area contributed by atoms with Gasteiger partial charge in [0.2, 0.25) is 0 Å². The van der Waals surface area contributed by atoms with Crippen molar-refractivity contribution in [1.82, 2.24) is 15.6 Å². The molecule has 0 aliphatic carbocycles. The third-order valence-electron chi connectivity index (χ3n) is 3.81. The quantitative estimate of drug-likeness (QED) is 0.361. The van der Waals surface area contributed by atoms with Crippen molar-refractivity contribution in [2.45, 2.75) is 20.0 Å². The number of aromatic amines is 1. The van der Waals surface area contributed by atoms with E-state index in [-0.39, 0.29) is 17.5 Å². The first-order valence-corrected chi connectivity index (χ1v) is 8.83. The number of hydrazone groups is 1. The summed E-state index contributed by atoms with van der Waals surface area (Å²) in [4.78, 5) is 22.5. The first kappa shape index (κ1) is 19.7. The van der Waals surface area contributed by atoms with E-state index < -0.39 is 10.8 Å². The van der Waals surface area contributed by atoms with Gasteiger partial charge in [0.05, 0.1) is 22.9 Å². The van der Waals surface area contributed by atoms with Crippen LogP contribution in [0.15, 0.2) is 59.7 Å². The molecule has 2 N–H and O–H groups in total. The number of H-pyrrole nitrogens is 1. The average Bonchev–Trinajstić information content (AvgIpc) is 3.18. The third kappa shape index (κ3) is 5.25. The number of ether oxygens (including phenoxy) is 1. The van der Waals surface area contributed by atoms with Crippen molar-refractivity contribution in [3.05, 3.63) is 76.0 Å². The Bertz CT molecular complexity index is 1040. The van der Waals surface area contributed by atoms with Gasteiger partial charge in [-0.05, 0) is 44.2 Å². The predicted octanol–water partition coefficient (Wildman–Crippen LogP) is 3.54. The third-order valence-corrected chi connectivity index (χ3v) is 3.81. The lowest BCUT2D eigenvalue weighted by atomic mass is 10.1. The molecule has 148 valence electrons. The number of benzene rings is 2. The number of rotatable bonds is 7. The minimum absolute atomic E-state index is 0.0525. The first-order chi connectivity index (χ1) is 13.9. The van der Waals surface area contributed by atoms with E-state index in [1.165, 1.54) is 18.3 Å². The van der Waals surface area contributed by atoms with Gasteiger partial charge in [-0.3, -0.25) is 20.0 Å². The number of hydrogen-bond acceptors (Lipinski definition) is 6. The van der Waals surface area contributed by atoms with Crippen LogP contribution in [0.25, 0.3) is 11.3 Å². The second-order valence-electron chi connectivity index (χ2n) is 6.41. The normalized spacial score (nSPS) is 11.0. The zero-order chi connectivity index (χ0) is 20.8. The number of nitro groups is 1. The number of carbonyl (C=O) groups excluding carboxylic acids is 1. The highest BCUT2D eigenvalue weighted by Gasteiger charge is 2.11. The topological polar surface area (TPSA) is 123 Å². The summed E-state index contributed by atoms with van der Waals surface area (Å²) in [6.07, 6.45) is 1.42. The molecule has 1 aromatic heterocycles. The minimum Gasteiger partial charge on any atom is -0.491 e. The molecular formula is C20H19N5O4. The molecule has 9 heteroatoms. The van der Waals surface area contributed by atoms with Crippen LogP contribution in [0.4, 0.5) is 5.69 Å². The van der Waals surface area contributed by atoms with Crippen molar-refractivity contribution < 1.29 is 14.5 Å². The van der Waals surface area contributed by atoms with Gasteiger partial charge >= 0.3 is 0 Å². The maximum absolute atomic E-state index is 12.2. The predicted molar refractivity (Wildman–Crippen MR) is 108 cm³/mol. The Morgan fingerprint density at radius 1 is 1.24 bits per heavy atom. The van der Waals surface area contributed by atoms with Crippen LogP contribution in [-0.2, 0) is 0 Å². The van der Waals surface area contributed by atoms with E-state index in [9.17, 15) is 14.9 Å². The van der Waals surface area contributed by atoms with Crippen LogP contribution in [0, 0.1) is 10.1 Å². The molecule has 2 aromatic carbocycles. The molecule has 0 radical (unpaired) electrons. The molecule has 0 fully saturated rings. The van der Waals surface area contributed by atoms with Crippen LogP contribution in [0.2, 0.25) is 0 Å². The van der Waals surface area contributed by atoms with E-state index in [2.05, 4.69) is 20.7 Å². The second kappa shape index (κ2) is 8.79. The molecule has 0 bridgehead atoms. The zero-order valence-corrected chi connectivity index (χ0v) is 15.8. The highest BCUT2D eigenvalue weighted by atomic mass is 16.6. The van der Waals surface area contributed by atoms with Crippen LogP contribution < -0.4 is 10.2 Å². The molecule has 1 heterocycles. The molecule has 3 aromatic rings. The average molecular weight is 393 g/mol. The Morgan fingerprint density at radius 3 is 2.69 bits per heavy atom. The molecule has 0 aliphatic heterocycles. The minimum atomic E-state index is -0.496. The SMILES string of the molecule is CC(C)Oc1ccc(-c2cc(C(=O)N/N=C/c3cccc([N+](=O)[O-])c3)[nH]n2)cc1. The Labute approximate surface area is 166 Å². The molecule has 0 atom stereocenters. The molecule has 9 nitrogen and oxygen atoms in total. The summed E-state index contributed by atoms with van der Waals surface area (Å²) in [5.74, 6) is 0.276. The highest BCUT2D eigenvalue weighted by Crippen LogP contribution is 2.22. The van der Waals surface area contributed by atoms with E-state index in [0.29, 0.717) is 11.3 Å². The number of hydrogen-bond donors (Lipinski definition) is 2. The van der Waals surface area contributed by atoms with Crippen molar-refractivity contribution in [3.8, 4) is 17.0 Å². The summed E-state index contributed by atoms with van der Waals surface area (Å²) < 4.78 is 5.60. The Morgan fingerprint density at radius 2 is 2.00 bits per heavy atom. The van der Waals surface area contributed by atoms with Gasteiger partial charge in [0.25, 0.3) is 11.6 Å². The number of nitro benzene ring substituents is 1. The fourth-order valence-electron chi connectivity index (χ4n) is 2.51. The molecule has 0 saturated carbocycles. The van der Waals surface area contributed by atoms with Gasteiger partial charge in [-0.25, -0.2) is 5.43 Å².